The van der Waals surface area contributed by atoms with E-state index in [-0.39, 0.29) is 5.76 Å². The summed E-state index contributed by atoms with van der Waals surface area (Å²) < 4.78 is 5.06. The smallest absolute Gasteiger partial charge is 0.150 e. The van der Waals surface area contributed by atoms with Crippen LogP contribution in [-0.4, -0.2) is 5.97 Å². The molecule has 0 aliphatic heterocycles. The number of benzene rings is 1. The van der Waals surface area contributed by atoms with Crippen LogP contribution in [0.3, 0.4) is 0 Å². The van der Waals surface area contributed by atoms with Crippen molar-refractivity contribution in [1.29, 1.82) is 0 Å². The lowest BCUT2D eigenvalue weighted by Crippen LogP contribution is -2.21. The average molecular weight is 256 g/mol. The first-order chi connectivity index (χ1) is 7.58. The Bertz CT molecular complexity index is 546. The van der Waals surface area contributed by atoms with Crippen LogP contribution in [0.4, 0.5) is 0 Å². The lowest BCUT2D eigenvalue weighted by molar-refractivity contribution is -0.257. The van der Waals surface area contributed by atoms with E-state index in [9.17, 15) is 9.90 Å². The van der Waals surface area contributed by atoms with Gasteiger partial charge in [0.15, 0.2) is 0 Å². The number of aromatic carboxylic acids is 1. The molecule has 0 atom stereocenters. The number of carboxylic acid groups (broad SMARTS) is 1. The summed E-state index contributed by atoms with van der Waals surface area (Å²) in [4.78, 5) is 10.5. The maximum Gasteiger partial charge on any atom is 0.150 e. The molecule has 1 aromatic heterocycles. The van der Waals surface area contributed by atoms with Crippen LogP contribution in [-0.2, 0) is 0 Å². The second-order valence-electron chi connectivity index (χ2n) is 3.08. The quantitative estimate of drug-likeness (QED) is 0.829. The van der Waals surface area contributed by atoms with Crippen LogP contribution in [0.25, 0.3) is 11.3 Å². The van der Waals surface area contributed by atoms with Gasteiger partial charge in [0.1, 0.15) is 17.5 Å². The number of carbonyl (C=O) groups is 1. The van der Waals surface area contributed by atoms with Crippen LogP contribution in [0.1, 0.15) is 10.6 Å². The molecule has 2 rings (SSSR count). The van der Waals surface area contributed by atoms with E-state index < -0.39 is 5.97 Å². The number of halogens is 2. The summed E-state index contributed by atoms with van der Waals surface area (Å²) in [5.74, 6) is -1.18. The fraction of sp³-hybridized carbons (Fsp3) is 0. The first kappa shape index (κ1) is 11.0. The van der Waals surface area contributed by atoms with Gasteiger partial charge < -0.3 is 14.3 Å². The van der Waals surface area contributed by atoms with E-state index in [2.05, 4.69) is 0 Å². The predicted octanol–water partition coefficient (Wildman–Crippen LogP) is 2.62. The van der Waals surface area contributed by atoms with Gasteiger partial charge in [-0.25, -0.2) is 0 Å². The molecule has 0 radical (unpaired) electrons. The fourth-order valence-electron chi connectivity index (χ4n) is 1.25. The largest absolute Gasteiger partial charge is 0.542 e. The Morgan fingerprint density at radius 1 is 1.12 bits per heavy atom. The van der Waals surface area contributed by atoms with Gasteiger partial charge in [0.25, 0.3) is 0 Å². The molecular formula is C11H5Cl2O3-. The summed E-state index contributed by atoms with van der Waals surface area (Å²) in [6.07, 6.45) is 0. The summed E-state index contributed by atoms with van der Waals surface area (Å²) in [5.41, 5.74) is 0.655. The lowest BCUT2D eigenvalue weighted by atomic mass is 10.2. The van der Waals surface area contributed by atoms with Gasteiger partial charge in [0.05, 0.1) is 10.0 Å². The maximum atomic E-state index is 10.5. The van der Waals surface area contributed by atoms with Crippen LogP contribution in [0.15, 0.2) is 34.7 Å². The zero-order valence-electron chi connectivity index (χ0n) is 7.87. The fourth-order valence-corrected chi connectivity index (χ4v) is 1.55. The van der Waals surface area contributed by atoms with Gasteiger partial charge in [0.2, 0.25) is 0 Å². The normalized spacial score (nSPS) is 10.4. The van der Waals surface area contributed by atoms with Crippen molar-refractivity contribution in [1.82, 2.24) is 0 Å². The highest BCUT2D eigenvalue weighted by Gasteiger charge is 2.07. The number of hydrogen-bond donors (Lipinski definition) is 0. The number of carbonyl (C=O) groups excluding carboxylic acids is 1. The van der Waals surface area contributed by atoms with Crippen LogP contribution in [0.2, 0.25) is 10.0 Å². The van der Waals surface area contributed by atoms with Crippen molar-refractivity contribution in [3.8, 4) is 11.3 Å². The van der Waals surface area contributed by atoms with E-state index in [4.69, 9.17) is 27.6 Å². The third-order valence-corrected chi connectivity index (χ3v) is 2.75. The van der Waals surface area contributed by atoms with Gasteiger partial charge in [-0.2, -0.15) is 0 Å². The molecule has 0 bridgehead atoms. The molecule has 3 nitrogen and oxygen atoms in total. The van der Waals surface area contributed by atoms with Crippen LogP contribution >= 0.6 is 23.2 Å². The molecule has 0 spiro atoms. The topological polar surface area (TPSA) is 53.3 Å². The molecule has 0 N–H and O–H groups in total. The first-order valence-electron chi connectivity index (χ1n) is 4.34. The Hall–Kier alpha value is -1.45. The van der Waals surface area contributed by atoms with Gasteiger partial charge >= 0.3 is 0 Å². The Kier molecular flexibility index (Phi) is 2.90. The minimum Gasteiger partial charge on any atom is -0.542 e. The summed E-state index contributed by atoms with van der Waals surface area (Å²) in [6.45, 7) is 0. The molecule has 0 fully saturated rings. The third-order valence-electron chi connectivity index (χ3n) is 2.01. The van der Waals surface area contributed by atoms with Crippen molar-refractivity contribution in [2.24, 2.45) is 0 Å². The van der Waals surface area contributed by atoms with Crippen molar-refractivity contribution < 1.29 is 14.3 Å². The van der Waals surface area contributed by atoms with Crippen LogP contribution in [0.5, 0.6) is 0 Å². The molecule has 1 heterocycles. The van der Waals surface area contributed by atoms with Gasteiger partial charge in [-0.05, 0) is 30.3 Å². The Morgan fingerprint density at radius 2 is 1.88 bits per heavy atom. The van der Waals surface area contributed by atoms with Crippen molar-refractivity contribution in [3.63, 3.8) is 0 Å². The van der Waals surface area contributed by atoms with Crippen molar-refractivity contribution in [3.05, 3.63) is 46.1 Å². The van der Waals surface area contributed by atoms with Gasteiger partial charge in [-0.15, -0.1) is 0 Å². The minimum absolute atomic E-state index is 0.221. The van der Waals surface area contributed by atoms with E-state index in [1.165, 1.54) is 12.1 Å². The first-order valence-corrected chi connectivity index (χ1v) is 5.10. The molecule has 16 heavy (non-hydrogen) atoms. The Morgan fingerprint density at radius 3 is 2.44 bits per heavy atom. The van der Waals surface area contributed by atoms with E-state index in [0.717, 1.165) is 0 Å². The van der Waals surface area contributed by atoms with Crippen LogP contribution in [0, 0.1) is 0 Å². The van der Waals surface area contributed by atoms with E-state index >= 15 is 0 Å². The Balaban J connectivity index is 2.42. The zero-order valence-corrected chi connectivity index (χ0v) is 9.38. The molecule has 82 valence electrons. The highest BCUT2D eigenvalue weighted by Crippen LogP contribution is 2.29. The standard InChI is InChI=1S/C11H6Cl2O3/c12-7-2-1-6(5-8(7)13)9-3-4-10(16-9)11(14)15/h1-5H,(H,14,15)/p-1. The van der Waals surface area contributed by atoms with Crippen molar-refractivity contribution in [2.45, 2.75) is 0 Å². The van der Waals surface area contributed by atoms with Crippen molar-refractivity contribution in [2.75, 3.05) is 0 Å². The zero-order chi connectivity index (χ0) is 11.7. The molecule has 0 unspecified atom stereocenters. The molecule has 0 amide bonds. The summed E-state index contributed by atoms with van der Waals surface area (Å²) in [6, 6.07) is 7.76. The second-order valence-corrected chi connectivity index (χ2v) is 3.89. The van der Waals surface area contributed by atoms with E-state index in [1.807, 2.05) is 0 Å². The summed E-state index contributed by atoms with van der Waals surface area (Å²) in [7, 11) is 0. The predicted molar refractivity (Wildman–Crippen MR) is 58.5 cm³/mol. The van der Waals surface area contributed by atoms with Crippen molar-refractivity contribution >= 4 is 29.2 Å². The van der Waals surface area contributed by atoms with E-state index in [0.29, 0.717) is 21.4 Å². The number of rotatable bonds is 2. The van der Waals surface area contributed by atoms with E-state index in [1.54, 1.807) is 18.2 Å². The molecule has 1 aromatic carbocycles. The highest BCUT2D eigenvalue weighted by molar-refractivity contribution is 6.42. The van der Waals surface area contributed by atoms with Gasteiger partial charge in [-0.1, -0.05) is 23.2 Å². The number of carboxylic acids is 1. The molecule has 0 saturated carbocycles. The SMILES string of the molecule is O=C([O-])c1ccc(-c2ccc(Cl)c(Cl)c2)o1. The molecule has 5 heteroatoms. The number of furan rings is 1. The monoisotopic (exact) mass is 255 g/mol. The molecule has 2 aromatic rings. The molecule has 0 aliphatic carbocycles. The third kappa shape index (κ3) is 2.05. The van der Waals surface area contributed by atoms with Gasteiger partial charge in [-0.3, -0.25) is 0 Å². The summed E-state index contributed by atoms with van der Waals surface area (Å²) in [5, 5.41) is 11.3. The lowest BCUT2D eigenvalue weighted by Gasteiger charge is -2.00. The van der Waals surface area contributed by atoms with Crippen LogP contribution < -0.4 is 5.11 Å². The summed E-state index contributed by atoms with van der Waals surface area (Å²) >= 11 is 11.6. The Labute approximate surface area is 101 Å². The minimum atomic E-state index is -1.36. The molecule has 0 aliphatic rings. The molecule has 0 saturated heterocycles. The number of hydrogen-bond acceptors (Lipinski definition) is 3. The highest BCUT2D eigenvalue weighted by atomic mass is 35.5. The second kappa shape index (κ2) is 4.20. The van der Waals surface area contributed by atoms with Gasteiger partial charge in [0, 0.05) is 5.56 Å². The molecular weight excluding hydrogens is 251 g/mol. The average Bonchev–Trinajstić information content (AvgIpc) is 2.71. The maximum absolute atomic E-state index is 10.5.